The maximum atomic E-state index is 12.5. The molecule has 1 aromatic rings. The minimum Gasteiger partial charge on any atom is -0.481 e. The number of benzene rings is 1. The number of hydrogen-bond donors (Lipinski definition) is 1. The Morgan fingerprint density at radius 3 is 3.05 bits per heavy atom. The molecule has 0 aromatic heterocycles. The van der Waals surface area contributed by atoms with Gasteiger partial charge < -0.3 is 9.84 Å². The Balaban J connectivity index is 1.89. The molecule has 0 radical (unpaired) electrons. The van der Waals surface area contributed by atoms with E-state index in [0.717, 1.165) is 37.0 Å². The molecule has 3 heteroatoms. The predicted molar refractivity (Wildman–Crippen MR) is 77.5 cm³/mol. The highest BCUT2D eigenvalue weighted by Gasteiger charge is 2.71. The van der Waals surface area contributed by atoms with Crippen LogP contribution in [0.4, 0.5) is 0 Å². The lowest BCUT2D eigenvalue weighted by Crippen LogP contribution is -2.69. The van der Waals surface area contributed by atoms with Crippen molar-refractivity contribution >= 4 is 5.78 Å². The summed E-state index contributed by atoms with van der Waals surface area (Å²) in [5, 5.41) is 11.6. The molecule has 2 saturated carbocycles. The fourth-order valence-electron chi connectivity index (χ4n) is 5.78. The summed E-state index contributed by atoms with van der Waals surface area (Å²) >= 11 is 0. The zero-order chi connectivity index (χ0) is 14.4. The van der Waals surface area contributed by atoms with Crippen molar-refractivity contribution in [3.8, 4) is 5.75 Å². The molecule has 4 atom stereocenters. The molecule has 1 aromatic carbocycles. The van der Waals surface area contributed by atoms with Crippen LogP contribution in [0.5, 0.6) is 5.75 Å². The first-order valence-electron chi connectivity index (χ1n) is 8.12. The second-order valence-electron chi connectivity index (χ2n) is 7.40. The molecule has 1 aliphatic heterocycles. The number of aliphatic hydroxyl groups is 1. The first-order chi connectivity index (χ1) is 10.1. The fraction of sp³-hybridized carbons (Fsp3) is 0.611. The number of Topliss-reactive ketones (excluding diaryl/α,β-unsaturated/α-hetero) is 1. The summed E-state index contributed by atoms with van der Waals surface area (Å²) in [6.07, 6.45) is 4.61. The van der Waals surface area contributed by atoms with Gasteiger partial charge in [0, 0.05) is 12.0 Å². The zero-order valence-corrected chi connectivity index (χ0v) is 12.3. The highest BCUT2D eigenvalue weighted by Crippen LogP contribution is 2.65. The van der Waals surface area contributed by atoms with Gasteiger partial charge in [-0.25, -0.2) is 0 Å². The van der Waals surface area contributed by atoms with Gasteiger partial charge in [-0.2, -0.15) is 0 Å². The molecule has 3 nitrogen and oxygen atoms in total. The molecule has 3 unspecified atom stereocenters. The van der Waals surface area contributed by atoms with E-state index >= 15 is 0 Å². The van der Waals surface area contributed by atoms with Crippen molar-refractivity contribution < 1.29 is 14.6 Å². The number of carbonyl (C=O) groups is 1. The molecule has 1 spiro atoms. The molecule has 1 heterocycles. The van der Waals surface area contributed by atoms with Crippen molar-refractivity contribution in [3.05, 3.63) is 28.8 Å². The van der Waals surface area contributed by atoms with Crippen molar-refractivity contribution in [3.63, 3.8) is 0 Å². The number of hydrogen-bond acceptors (Lipinski definition) is 3. The minimum absolute atomic E-state index is 0.184. The van der Waals surface area contributed by atoms with Crippen LogP contribution in [0.1, 0.15) is 48.8 Å². The lowest BCUT2D eigenvalue weighted by molar-refractivity contribution is -0.177. The molecule has 0 saturated heterocycles. The van der Waals surface area contributed by atoms with Crippen LogP contribution in [0.25, 0.3) is 0 Å². The molecule has 2 bridgehead atoms. The van der Waals surface area contributed by atoms with E-state index in [-0.39, 0.29) is 11.7 Å². The first kappa shape index (κ1) is 12.2. The largest absolute Gasteiger partial charge is 0.481 e. The van der Waals surface area contributed by atoms with Crippen LogP contribution in [-0.2, 0) is 16.6 Å². The van der Waals surface area contributed by atoms with Crippen LogP contribution in [0, 0.1) is 12.8 Å². The molecular formula is C18H20O3. The lowest BCUT2D eigenvalue weighted by atomic mass is 9.45. The maximum absolute atomic E-state index is 12.5. The van der Waals surface area contributed by atoms with E-state index in [0.29, 0.717) is 12.8 Å². The van der Waals surface area contributed by atoms with Gasteiger partial charge in [0.05, 0.1) is 11.0 Å². The van der Waals surface area contributed by atoms with Gasteiger partial charge in [-0.3, -0.25) is 4.79 Å². The smallest absolute Gasteiger partial charge is 0.174 e. The lowest BCUT2D eigenvalue weighted by Gasteiger charge is -2.59. The molecule has 1 N–H and O–H groups in total. The molecule has 0 amide bonds. The van der Waals surface area contributed by atoms with E-state index in [2.05, 4.69) is 12.1 Å². The predicted octanol–water partition coefficient (Wildman–Crippen LogP) is 2.44. The van der Waals surface area contributed by atoms with Crippen molar-refractivity contribution in [2.75, 3.05) is 0 Å². The van der Waals surface area contributed by atoms with Crippen molar-refractivity contribution in [2.24, 2.45) is 5.92 Å². The Kier molecular flexibility index (Phi) is 2.05. The standard InChI is InChI=1S/C18H20O3/c1-10-4-5-11-9-12-3-2-7-17-14(11)15(10)21-16(17)13(19)6-8-18(12,17)20/h4-5,12,16,20H,2-3,6-9H2,1H3/t12-,16?,17?,18?/m1/s1. The highest BCUT2D eigenvalue weighted by molar-refractivity contribution is 5.89. The Morgan fingerprint density at radius 1 is 1.33 bits per heavy atom. The van der Waals surface area contributed by atoms with E-state index in [9.17, 15) is 9.90 Å². The Bertz CT molecular complexity index is 679. The van der Waals surface area contributed by atoms with Gasteiger partial charge in [0.15, 0.2) is 11.9 Å². The summed E-state index contributed by atoms with van der Waals surface area (Å²) in [5.41, 5.74) is 2.38. The summed E-state index contributed by atoms with van der Waals surface area (Å²) < 4.78 is 6.18. The number of carbonyl (C=O) groups excluding carboxylic acids is 1. The van der Waals surface area contributed by atoms with Crippen LogP contribution >= 0.6 is 0 Å². The molecule has 21 heavy (non-hydrogen) atoms. The van der Waals surface area contributed by atoms with Gasteiger partial charge in [-0.05, 0) is 49.7 Å². The average Bonchev–Trinajstić information content (AvgIpc) is 2.80. The van der Waals surface area contributed by atoms with Gasteiger partial charge in [-0.1, -0.05) is 18.6 Å². The first-order valence-corrected chi connectivity index (χ1v) is 8.12. The van der Waals surface area contributed by atoms with E-state index in [1.54, 1.807) is 0 Å². The highest BCUT2D eigenvalue weighted by atomic mass is 16.5. The number of ketones is 1. The van der Waals surface area contributed by atoms with Crippen molar-refractivity contribution in [1.29, 1.82) is 0 Å². The SMILES string of the molecule is Cc1ccc2c3c1OC1C(=O)CCC4(O)[C@H](CCCC314)C2. The Morgan fingerprint density at radius 2 is 2.19 bits per heavy atom. The fourth-order valence-corrected chi connectivity index (χ4v) is 5.78. The van der Waals surface area contributed by atoms with Gasteiger partial charge in [0.1, 0.15) is 5.75 Å². The summed E-state index contributed by atoms with van der Waals surface area (Å²) in [7, 11) is 0. The van der Waals surface area contributed by atoms with E-state index in [1.807, 2.05) is 6.92 Å². The summed E-state index contributed by atoms with van der Waals surface area (Å²) in [4.78, 5) is 12.5. The quantitative estimate of drug-likeness (QED) is 0.796. The van der Waals surface area contributed by atoms with E-state index in [4.69, 9.17) is 4.74 Å². The summed E-state index contributed by atoms with van der Waals surface area (Å²) in [5.74, 6) is 1.36. The van der Waals surface area contributed by atoms with Gasteiger partial charge in [0.2, 0.25) is 0 Å². The normalized spacial score (nSPS) is 42.5. The van der Waals surface area contributed by atoms with Crippen LogP contribution < -0.4 is 4.74 Å². The Hall–Kier alpha value is -1.35. The second kappa shape index (κ2) is 3.52. The third-order valence-corrected chi connectivity index (χ3v) is 6.65. The molecule has 5 rings (SSSR count). The molecule has 4 aliphatic rings. The monoisotopic (exact) mass is 284 g/mol. The molecule has 110 valence electrons. The maximum Gasteiger partial charge on any atom is 0.174 e. The Labute approximate surface area is 124 Å². The number of rotatable bonds is 0. The van der Waals surface area contributed by atoms with E-state index < -0.39 is 17.1 Å². The molecule has 2 fully saturated rings. The average molecular weight is 284 g/mol. The zero-order valence-electron chi connectivity index (χ0n) is 12.3. The summed E-state index contributed by atoms with van der Waals surface area (Å²) in [6.45, 7) is 2.04. The van der Waals surface area contributed by atoms with Crippen LogP contribution in [0.3, 0.4) is 0 Å². The number of ether oxygens (including phenoxy) is 1. The van der Waals surface area contributed by atoms with Gasteiger partial charge in [0.25, 0.3) is 0 Å². The van der Waals surface area contributed by atoms with Gasteiger partial charge >= 0.3 is 0 Å². The number of aryl methyl sites for hydroxylation is 1. The molecule has 3 aliphatic carbocycles. The third kappa shape index (κ3) is 1.13. The van der Waals surface area contributed by atoms with Crippen LogP contribution in [0.2, 0.25) is 0 Å². The second-order valence-corrected chi connectivity index (χ2v) is 7.40. The van der Waals surface area contributed by atoms with Gasteiger partial charge in [-0.15, -0.1) is 0 Å². The summed E-state index contributed by atoms with van der Waals surface area (Å²) in [6, 6.07) is 4.30. The van der Waals surface area contributed by atoms with Crippen LogP contribution in [-0.4, -0.2) is 22.6 Å². The van der Waals surface area contributed by atoms with Crippen LogP contribution in [0.15, 0.2) is 12.1 Å². The van der Waals surface area contributed by atoms with E-state index in [1.165, 1.54) is 11.1 Å². The van der Waals surface area contributed by atoms with Crippen molar-refractivity contribution in [2.45, 2.75) is 62.6 Å². The molecular weight excluding hydrogens is 264 g/mol. The topological polar surface area (TPSA) is 46.5 Å². The third-order valence-electron chi connectivity index (χ3n) is 6.65. The van der Waals surface area contributed by atoms with Crippen molar-refractivity contribution in [1.82, 2.24) is 0 Å². The minimum atomic E-state index is -0.740.